The van der Waals surface area contributed by atoms with Gasteiger partial charge in [0.15, 0.2) is 0 Å². The quantitative estimate of drug-likeness (QED) is 0.782. The van der Waals surface area contributed by atoms with Crippen LogP contribution in [0.25, 0.3) is 0 Å². The summed E-state index contributed by atoms with van der Waals surface area (Å²) >= 11 is 0. The highest BCUT2D eigenvalue weighted by Crippen LogP contribution is 2.40. The molecule has 1 saturated carbocycles. The molecule has 0 radical (unpaired) electrons. The van der Waals surface area contributed by atoms with Crippen molar-refractivity contribution in [2.24, 2.45) is 11.8 Å². The van der Waals surface area contributed by atoms with Gasteiger partial charge in [0, 0.05) is 19.6 Å². The molecule has 1 unspecified atom stereocenters. The van der Waals surface area contributed by atoms with Crippen molar-refractivity contribution in [3.63, 3.8) is 0 Å². The predicted molar refractivity (Wildman–Crippen MR) is 67.1 cm³/mol. The van der Waals surface area contributed by atoms with Gasteiger partial charge in [0.2, 0.25) is 5.91 Å². The summed E-state index contributed by atoms with van der Waals surface area (Å²) in [5, 5.41) is 8.84. The molecule has 1 heterocycles. The number of carboxylic acid groups (broad SMARTS) is 1. The first-order chi connectivity index (χ1) is 8.54. The number of amides is 1. The SMILES string of the molecule is CCN1CCCC1CN(C)C(=O)[C@@H]1C[C@@H]1C(=O)O. The number of aliphatic carboxylic acids is 1. The van der Waals surface area contributed by atoms with E-state index in [-0.39, 0.29) is 11.8 Å². The Hall–Kier alpha value is -1.10. The first-order valence-corrected chi connectivity index (χ1v) is 6.76. The standard InChI is InChI=1S/C13H22N2O3/c1-3-15-6-4-5-9(15)8-14(2)12(16)10-7-11(10)13(17)18/h9-11H,3-8H2,1-2H3,(H,17,18)/t9?,10-,11+/m1/s1. The number of hydrogen-bond acceptors (Lipinski definition) is 3. The maximum atomic E-state index is 12.0. The van der Waals surface area contributed by atoms with E-state index in [0.29, 0.717) is 12.5 Å². The minimum absolute atomic E-state index is 0.00496. The number of carbonyl (C=O) groups is 2. The Labute approximate surface area is 108 Å². The fraction of sp³-hybridized carbons (Fsp3) is 0.846. The molecule has 0 aromatic rings. The van der Waals surface area contributed by atoms with E-state index in [4.69, 9.17) is 5.11 Å². The summed E-state index contributed by atoms with van der Waals surface area (Å²) in [4.78, 5) is 26.9. The summed E-state index contributed by atoms with van der Waals surface area (Å²) < 4.78 is 0. The van der Waals surface area contributed by atoms with Crippen molar-refractivity contribution in [2.45, 2.75) is 32.2 Å². The van der Waals surface area contributed by atoms with E-state index in [1.807, 2.05) is 0 Å². The maximum absolute atomic E-state index is 12.0. The van der Waals surface area contributed by atoms with Crippen LogP contribution in [0.4, 0.5) is 0 Å². The van der Waals surface area contributed by atoms with Crippen molar-refractivity contribution in [1.29, 1.82) is 0 Å². The lowest BCUT2D eigenvalue weighted by Gasteiger charge is -2.27. The van der Waals surface area contributed by atoms with E-state index in [1.54, 1.807) is 11.9 Å². The maximum Gasteiger partial charge on any atom is 0.307 e. The predicted octanol–water partition coefficient (Wildman–Crippen LogP) is 0.650. The van der Waals surface area contributed by atoms with Gasteiger partial charge in [-0.3, -0.25) is 14.5 Å². The summed E-state index contributed by atoms with van der Waals surface area (Å²) in [6, 6.07) is 0.450. The van der Waals surface area contributed by atoms with Gasteiger partial charge in [-0.25, -0.2) is 0 Å². The van der Waals surface area contributed by atoms with Gasteiger partial charge < -0.3 is 10.0 Å². The van der Waals surface area contributed by atoms with Crippen LogP contribution in [0.1, 0.15) is 26.2 Å². The molecule has 3 atom stereocenters. The molecule has 2 rings (SSSR count). The number of carboxylic acids is 1. The average Bonchev–Trinajstić information content (AvgIpc) is 3.02. The van der Waals surface area contributed by atoms with Crippen molar-refractivity contribution in [3.05, 3.63) is 0 Å². The Balaban J connectivity index is 1.83. The first-order valence-electron chi connectivity index (χ1n) is 6.76. The van der Waals surface area contributed by atoms with Gasteiger partial charge >= 0.3 is 5.97 Å². The zero-order chi connectivity index (χ0) is 13.3. The van der Waals surface area contributed by atoms with Crippen molar-refractivity contribution in [2.75, 3.05) is 26.7 Å². The van der Waals surface area contributed by atoms with Crippen LogP contribution in [-0.4, -0.2) is 59.5 Å². The molecule has 18 heavy (non-hydrogen) atoms. The lowest BCUT2D eigenvalue weighted by Crippen LogP contribution is -2.41. The Bertz CT molecular complexity index is 345. The van der Waals surface area contributed by atoms with Gasteiger partial charge in [-0.05, 0) is 32.4 Å². The van der Waals surface area contributed by atoms with Crippen LogP contribution in [0.2, 0.25) is 0 Å². The number of carbonyl (C=O) groups excluding carboxylic acids is 1. The molecular weight excluding hydrogens is 232 g/mol. The molecular formula is C13H22N2O3. The molecule has 102 valence electrons. The Morgan fingerprint density at radius 3 is 2.67 bits per heavy atom. The first kappa shape index (κ1) is 13.3. The van der Waals surface area contributed by atoms with E-state index in [1.165, 1.54) is 6.42 Å². The minimum atomic E-state index is -0.835. The smallest absolute Gasteiger partial charge is 0.307 e. The second kappa shape index (κ2) is 5.26. The Morgan fingerprint density at radius 2 is 2.11 bits per heavy atom. The van der Waals surface area contributed by atoms with Gasteiger partial charge in [-0.2, -0.15) is 0 Å². The molecule has 1 amide bonds. The van der Waals surface area contributed by atoms with Crippen molar-refractivity contribution in [3.8, 4) is 0 Å². The summed E-state index contributed by atoms with van der Waals surface area (Å²) in [7, 11) is 1.80. The highest BCUT2D eigenvalue weighted by atomic mass is 16.4. The number of likely N-dealkylation sites (N-methyl/N-ethyl adjacent to an activating group) is 2. The van der Waals surface area contributed by atoms with Gasteiger partial charge in [-0.1, -0.05) is 6.92 Å². The third-order valence-electron chi connectivity index (χ3n) is 4.19. The molecule has 0 spiro atoms. The van der Waals surface area contributed by atoms with Gasteiger partial charge in [-0.15, -0.1) is 0 Å². The van der Waals surface area contributed by atoms with Gasteiger partial charge in [0.1, 0.15) is 0 Å². The third kappa shape index (κ3) is 2.66. The number of rotatable bonds is 5. The summed E-state index contributed by atoms with van der Waals surface area (Å²) in [5.74, 6) is -1.54. The zero-order valence-corrected chi connectivity index (χ0v) is 11.1. The third-order valence-corrected chi connectivity index (χ3v) is 4.19. The molecule has 1 N–H and O–H groups in total. The summed E-state index contributed by atoms with van der Waals surface area (Å²) in [5.41, 5.74) is 0. The van der Waals surface area contributed by atoms with Crippen LogP contribution < -0.4 is 0 Å². The molecule has 0 aromatic heterocycles. The fourth-order valence-electron chi connectivity index (χ4n) is 2.95. The van der Waals surface area contributed by atoms with E-state index >= 15 is 0 Å². The van der Waals surface area contributed by atoms with Crippen molar-refractivity contribution < 1.29 is 14.7 Å². The zero-order valence-electron chi connectivity index (χ0n) is 11.1. The highest BCUT2D eigenvalue weighted by Gasteiger charge is 2.49. The second-order valence-electron chi connectivity index (χ2n) is 5.43. The van der Waals surface area contributed by atoms with E-state index in [2.05, 4.69) is 11.8 Å². The van der Waals surface area contributed by atoms with Crippen LogP contribution in [-0.2, 0) is 9.59 Å². The minimum Gasteiger partial charge on any atom is -0.481 e. The number of nitrogens with zero attached hydrogens (tertiary/aromatic N) is 2. The van der Waals surface area contributed by atoms with Crippen LogP contribution in [0, 0.1) is 11.8 Å². The summed E-state index contributed by atoms with van der Waals surface area (Å²) in [6.45, 7) is 5.01. The molecule has 5 nitrogen and oxygen atoms in total. The normalized spacial score (nSPS) is 31.3. The van der Waals surface area contributed by atoms with Crippen LogP contribution >= 0.6 is 0 Å². The van der Waals surface area contributed by atoms with Gasteiger partial charge in [0.05, 0.1) is 11.8 Å². The highest BCUT2D eigenvalue weighted by molar-refractivity contribution is 5.89. The molecule has 5 heteroatoms. The van der Waals surface area contributed by atoms with E-state index in [9.17, 15) is 9.59 Å². The van der Waals surface area contributed by atoms with E-state index in [0.717, 1.165) is 26.1 Å². The molecule has 1 aliphatic carbocycles. The Kier molecular flexibility index (Phi) is 3.90. The van der Waals surface area contributed by atoms with Crippen molar-refractivity contribution >= 4 is 11.9 Å². The molecule has 2 fully saturated rings. The van der Waals surface area contributed by atoms with E-state index < -0.39 is 11.9 Å². The molecule has 0 aromatic carbocycles. The molecule has 0 bridgehead atoms. The monoisotopic (exact) mass is 254 g/mol. The largest absolute Gasteiger partial charge is 0.481 e. The van der Waals surface area contributed by atoms with Crippen LogP contribution in [0.3, 0.4) is 0 Å². The van der Waals surface area contributed by atoms with Crippen LogP contribution in [0.5, 0.6) is 0 Å². The van der Waals surface area contributed by atoms with Gasteiger partial charge in [0.25, 0.3) is 0 Å². The number of hydrogen-bond donors (Lipinski definition) is 1. The fourth-order valence-corrected chi connectivity index (χ4v) is 2.95. The lowest BCUT2D eigenvalue weighted by atomic mass is 10.2. The average molecular weight is 254 g/mol. The number of likely N-dealkylation sites (tertiary alicyclic amines) is 1. The van der Waals surface area contributed by atoms with Crippen LogP contribution in [0.15, 0.2) is 0 Å². The lowest BCUT2D eigenvalue weighted by molar-refractivity contribution is -0.141. The molecule has 2 aliphatic rings. The Morgan fingerprint density at radius 1 is 1.39 bits per heavy atom. The molecule has 1 saturated heterocycles. The summed E-state index contributed by atoms with van der Waals surface area (Å²) in [6.07, 6.45) is 2.85. The topological polar surface area (TPSA) is 60.9 Å². The second-order valence-corrected chi connectivity index (χ2v) is 5.43. The van der Waals surface area contributed by atoms with Crippen molar-refractivity contribution in [1.82, 2.24) is 9.80 Å². The molecule has 1 aliphatic heterocycles.